The molecule has 1 atom stereocenters. The van der Waals surface area contributed by atoms with Crippen molar-refractivity contribution in [2.75, 3.05) is 17.8 Å². The highest BCUT2D eigenvalue weighted by Gasteiger charge is 2.28. The van der Waals surface area contributed by atoms with E-state index in [4.69, 9.17) is 4.98 Å². The zero-order valence-electron chi connectivity index (χ0n) is 18.1. The molecule has 174 valence electrons. The molecule has 4 aromatic rings. The van der Waals surface area contributed by atoms with Crippen LogP contribution in [0.3, 0.4) is 0 Å². The average Bonchev–Trinajstić information content (AvgIpc) is 3.30. The number of carbonyl (C=O) groups is 1. The Balaban J connectivity index is 1.30. The Morgan fingerprint density at radius 2 is 1.76 bits per heavy atom. The number of piperidine rings is 1. The molecule has 0 aliphatic carbocycles. The third-order valence-electron chi connectivity index (χ3n) is 5.90. The molecule has 0 radical (unpaired) electrons. The lowest BCUT2D eigenvalue weighted by Gasteiger charge is -2.32. The SMILES string of the molecule is O=C(c1ccc(S(=O)(=O)Nc2ccccc2F)cc1)N1CCC[C@H](c2nc3ccccc3s2)C1. The van der Waals surface area contributed by atoms with E-state index < -0.39 is 15.8 Å². The van der Waals surface area contributed by atoms with Crippen LogP contribution in [0, 0.1) is 5.82 Å². The van der Waals surface area contributed by atoms with Crippen LogP contribution < -0.4 is 4.72 Å². The van der Waals surface area contributed by atoms with Gasteiger partial charge in [0.15, 0.2) is 0 Å². The van der Waals surface area contributed by atoms with Gasteiger partial charge < -0.3 is 4.90 Å². The second-order valence-electron chi connectivity index (χ2n) is 8.22. The molecule has 9 heteroatoms. The largest absolute Gasteiger partial charge is 0.338 e. The molecular formula is C25H22FN3O3S2. The molecule has 2 heterocycles. The minimum atomic E-state index is -3.98. The van der Waals surface area contributed by atoms with Gasteiger partial charge in [0.1, 0.15) is 5.82 Å². The molecule has 1 aliphatic heterocycles. The number of para-hydroxylation sites is 2. The van der Waals surface area contributed by atoms with Crippen LogP contribution in [0.25, 0.3) is 10.2 Å². The maximum absolute atomic E-state index is 13.8. The molecule has 6 nitrogen and oxygen atoms in total. The van der Waals surface area contributed by atoms with E-state index in [-0.39, 0.29) is 22.4 Å². The van der Waals surface area contributed by atoms with Crippen molar-refractivity contribution in [3.05, 3.63) is 89.2 Å². The zero-order chi connectivity index (χ0) is 23.7. The number of anilines is 1. The Labute approximate surface area is 201 Å². The minimum absolute atomic E-state index is 0.0432. The third-order valence-corrected chi connectivity index (χ3v) is 8.48. The van der Waals surface area contributed by atoms with Gasteiger partial charge in [0.25, 0.3) is 15.9 Å². The van der Waals surface area contributed by atoms with Crippen LogP contribution in [0.5, 0.6) is 0 Å². The lowest BCUT2D eigenvalue weighted by atomic mass is 9.98. The van der Waals surface area contributed by atoms with Crippen molar-refractivity contribution in [2.45, 2.75) is 23.7 Å². The van der Waals surface area contributed by atoms with Gasteiger partial charge in [0, 0.05) is 24.6 Å². The molecule has 34 heavy (non-hydrogen) atoms. The number of thiazole rings is 1. The quantitative estimate of drug-likeness (QED) is 0.410. The van der Waals surface area contributed by atoms with Crippen molar-refractivity contribution in [1.29, 1.82) is 0 Å². The van der Waals surface area contributed by atoms with Crippen LogP contribution in [-0.4, -0.2) is 37.3 Å². The number of nitrogens with one attached hydrogen (secondary N) is 1. The van der Waals surface area contributed by atoms with Gasteiger partial charge in [-0.2, -0.15) is 0 Å². The summed E-state index contributed by atoms with van der Waals surface area (Å²) in [6.45, 7) is 1.22. The number of benzene rings is 3. The van der Waals surface area contributed by atoms with Gasteiger partial charge >= 0.3 is 0 Å². The van der Waals surface area contributed by atoms with Crippen LogP contribution in [0.1, 0.15) is 34.1 Å². The smallest absolute Gasteiger partial charge is 0.261 e. The van der Waals surface area contributed by atoms with E-state index in [0.29, 0.717) is 18.7 Å². The van der Waals surface area contributed by atoms with Gasteiger partial charge in [-0.1, -0.05) is 24.3 Å². The summed E-state index contributed by atoms with van der Waals surface area (Å²) >= 11 is 1.67. The standard InChI is InChI=1S/C25H22FN3O3S2/c26-20-7-1-2-8-21(20)28-34(31,32)19-13-11-17(12-14-19)25(30)29-15-5-6-18(16-29)24-27-22-9-3-4-10-23(22)33-24/h1-4,7-14,18,28H,5-6,15-16H2/t18-/m0/s1. The Bertz CT molecular complexity index is 1420. The number of nitrogens with zero attached hydrogens (tertiary/aromatic N) is 2. The number of aromatic nitrogens is 1. The second kappa shape index (κ2) is 9.15. The van der Waals surface area contributed by atoms with E-state index in [1.807, 2.05) is 18.2 Å². The van der Waals surface area contributed by atoms with Crippen molar-refractivity contribution < 1.29 is 17.6 Å². The van der Waals surface area contributed by atoms with E-state index in [0.717, 1.165) is 28.1 Å². The molecule has 1 fully saturated rings. The molecule has 3 aromatic carbocycles. The molecule has 1 aliphatic rings. The van der Waals surface area contributed by atoms with E-state index >= 15 is 0 Å². The summed E-state index contributed by atoms with van der Waals surface area (Å²) in [6, 6.07) is 19.3. The highest BCUT2D eigenvalue weighted by atomic mass is 32.2. The number of hydrogen-bond acceptors (Lipinski definition) is 5. The van der Waals surface area contributed by atoms with Crippen LogP contribution >= 0.6 is 11.3 Å². The Morgan fingerprint density at radius 3 is 2.53 bits per heavy atom. The predicted molar refractivity (Wildman–Crippen MR) is 131 cm³/mol. The molecule has 0 saturated carbocycles. The average molecular weight is 496 g/mol. The first-order valence-electron chi connectivity index (χ1n) is 10.9. The molecule has 1 N–H and O–H groups in total. The van der Waals surface area contributed by atoms with Crippen molar-refractivity contribution in [2.24, 2.45) is 0 Å². The monoisotopic (exact) mass is 495 g/mol. The normalized spacial score (nSPS) is 16.5. The van der Waals surface area contributed by atoms with Gasteiger partial charge in [0.2, 0.25) is 0 Å². The molecule has 0 spiro atoms. The fourth-order valence-electron chi connectivity index (χ4n) is 4.13. The fourth-order valence-corrected chi connectivity index (χ4v) is 6.30. The number of sulfonamides is 1. The number of amides is 1. The highest BCUT2D eigenvalue weighted by Crippen LogP contribution is 2.33. The summed E-state index contributed by atoms with van der Waals surface area (Å²) in [7, 11) is -3.98. The van der Waals surface area contributed by atoms with Crippen LogP contribution in [-0.2, 0) is 10.0 Å². The topological polar surface area (TPSA) is 79.4 Å². The third kappa shape index (κ3) is 4.53. The maximum atomic E-state index is 13.8. The summed E-state index contributed by atoms with van der Waals surface area (Å²) in [6.07, 6.45) is 1.86. The van der Waals surface area contributed by atoms with Crippen molar-refractivity contribution in [3.8, 4) is 0 Å². The Kier molecular flexibility index (Phi) is 6.05. The summed E-state index contributed by atoms with van der Waals surface area (Å²) in [5.41, 5.74) is 1.26. The fraction of sp³-hybridized carbons (Fsp3) is 0.200. The van der Waals surface area contributed by atoms with Crippen molar-refractivity contribution >= 4 is 43.2 Å². The first-order chi connectivity index (χ1) is 16.4. The van der Waals surface area contributed by atoms with Crippen molar-refractivity contribution in [3.63, 3.8) is 0 Å². The van der Waals surface area contributed by atoms with Gasteiger partial charge in [-0.3, -0.25) is 9.52 Å². The first kappa shape index (κ1) is 22.5. The highest BCUT2D eigenvalue weighted by molar-refractivity contribution is 7.92. The van der Waals surface area contributed by atoms with E-state index in [2.05, 4.69) is 10.8 Å². The summed E-state index contributed by atoms with van der Waals surface area (Å²) in [4.78, 5) is 19.7. The second-order valence-corrected chi connectivity index (χ2v) is 11.0. The zero-order valence-corrected chi connectivity index (χ0v) is 19.8. The first-order valence-corrected chi connectivity index (χ1v) is 13.2. The van der Waals surface area contributed by atoms with Gasteiger partial charge in [-0.15, -0.1) is 11.3 Å². The number of halogens is 1. The molecule has 0 unspecified atom stereocenters. The Morgan fingerprint density at radius 1 is 1.03 bits per heavy atom. The minimum Gasteiger partial charge on any atom is -0.338 e. The molecule has 1 amide bonds. The number of rotatable bonds is 5. The molecule has 5 rings (SSSR count). The van der Waals surface area contributed by atoms with Gasteiger partial charge in [0.05, 0.1) is 25.8 Å². The van der Waals surface area contributed by atoms with E-state index in [1.165, 1.54) is 42.5 Å². The number of hydrogen-bond donors (Lipinski definition) is 1. The van der Waals surface area contributed by atoms with Crippen LogP contribution in [0.2, 0.25) is 0 Å². The molecule has 1 aromatic heterocycles. The van der Waals surface area contributed by atoms with Crippen LogP contribution in [0.4, 0.5) is 10.1 Å². The van der Waals surface area contributed by atoms with Crippen LogP contribution in [0.15, 0.2) is 77.7 Å². The molecule has 1 saturated heterocycles. The molecule has 0 bridgehead atoms. The maximum Gasteiger partial charge on any atom is 0.261 e. The van der Waals surface area contributed by atoms with Crippen molar-refractivity contribution in [1.82, 2.24) is 9.88 Å². The summed E-state index contributed by atoms with van der Waals surface area (Å²) in [5.74, 6) is -0.623. The molecular weight excluding hydrogens is 473 g/mol. The number of fused-ring (bicyclic) bond motifs is 1. The van der Waals surface area contributed by atoms with Gasteiger partial charge in [-0.05, 0) is 61.4 Å². The number of carbonyl (C=O) groups excluding carboxylic acids is 1. The predicted octanol–water partition coefficient (Wildman–Crippen LogP) is 5.26. The summed E-state index contributed by atoms with van der Waals surface area (Å²) < 4.78 is 42.5. The lowest BCUT2D eigenvalue weighted by molar-refractivity contribution is 0.0707. The van der Waals surface area contributed by atoms with E-state index in [9.17, 15) is 17.6 Å². The van der Waals surface area contributed by atoms with Gasteiger partial charge in [-0.25, -0.2) is 17.8 Å². The lowest BCUT2D eigenvalue weighted by Crippen LogP contribution is -2.39. The Hall–Kier alpha value is -3.30. The summed E-state index contributed by atoms with van der Waals surface area (Å²) in [5, 5.41) is 1.04. The number of likely N-dealkylation sites (tertiary alicyclic amines) is 1. The van der Waals surface area contributed by atoms with E-state index in [1.54, 1.807) is 22.3 Å².